The molecule has 1 N–H and O–H groups in total. The first-order chi connectivity index (χ1) is 10.1. The Kier molecular flexibility index (Phi) is 4.77. The summed E-state index contributed by atoms with van der Waals surface area (Å²) in [6, 6.07) is 5.42. The minimum absolute atomic E-state index is 0.112. The molecular weight excluding hydrogens is 266 g/mol. The van der Waals surface area contributed by atoms with Gasteiger partial charge in [0.15, 0.2) is 0 Å². The normalized spacial score (nSPS) is 15.9. The van der Waals surface area contributed by atoms with Crippen LogP contribution >= 0.6 is 0 Å². The number of carbonyl (C=O) groups is 2. The molecule has 4 heteroatoms. The molecule has 110 valence electrons. The third kappa shape index (κ3) is 3.32. The monoisotopic (exact) mass is 285 g/mol. The molecular formula is C17H19NO3. The molecule has 0 bridgehead atoms. The van der Waals surface area contributed by atoms with E-state index in [0.717, 1.165) is 11.1 Å². The second kappa shape index (κ2) is 6.55. The van der Waals surface area contributed by atoms with E-state index in [2.05, 4.69) is 11.8 Å². The third-order valence-corrected chi connectivity index (χ3v) is 3.56. The number of aliphatic hydroxyl groups is 1. The van der Waals surface area contributed by atoms with Crippen molar-refractivity contribution >= 4 is 17.5 Å². The SMILES string of the molecule is CCc1cc(C#CCO)ccc1N1C(=O)CC(C)CC1=O. The van der Waals surface area contributed by atoms with Gasteiger partial charge in [0.1, 0.15) is 6.61 Å². The van der Waals surface area contributed by atoms with Gasteiger partial charge in [0.25, 0.3) is 0 Å². The van der Waals surface area contributed by atoms with Gasteiger partial charge >= 0.3 is 0 Å². The molecule has 1 aliphatic rings. The van der Waals surface area contributed by atoms with Crippen LogP contribution in [-0.4, -0.2) is 23.5 Å². The molecule has 1 fully saturated rings. The van der Waals surface area contributed by atoms with Gasteiger partial charge in [0, 0.05) is 18.4 Å². The molecule has 0 spiro atoms. The minimum Gasteiger partial charge on any atom is -0.384 e. The maximum atomic E-state index is 12.2. The molecule has 0 aromatic heterocycles. The van der Waals surface area contributed by atoms with E-state index >= 15 is 0 Å². The number of amides is 2. The standard InChI is InChI=1S/C17H19NO3/c1-3-14-11-13(5-4-8-19)6-7-15(14)18-16(20)9-12(2)10-17(18)21/h6-7,11-12,19H,3,8-10H2,1-2H3. The van der Waals surface area contributed by atoms with Gasteiger partial charge in [-0.3, -0.25) is 14.5 Å². The van der Waals surface area contributed by atoms with Crippen LogP contribution in [0.25, 0.3) is 0 Å². The van der Waals surface area contributed by atoms with Crippen LogP contribution in [0.2, 0.25) is 0 Å². The predicted octanol–water partition coefficient (Wildman–Crippen LogP) is 1.88. The maximum Gasteiger partial charge on any atom is 0.234 e. The van der Waals surface area contributed by atoms with Gasteiger partial charge in [-0.2, -0.15) is 0 Å². The first-order valence-corrected chi connectivity index (χ1v) is 7.15. The molecule has 4 nitrogen and oxygen atoms in total. The fraction of sp³-hybridized carbons (Fsp3) is 0.412. The van der Waals surface area contributed by atoms with Crippen molar-refractivity contribution in [3.63, 3.8) is 0 Å². The van der Waals surface area contributed by atoms with E-state index in [1.165, 1.54) is 4.90 Å². The van der Waals surface area contributed by atoms with E-state index < -0.39 is 0 Å². The largest absolute Gasteiger partial charge is 0.384 e. The fourth-order valence-electron chi connectivity index (χ4n) is 2.56. The number of anilines is 1. The lowest BCUT2D eigenvalue weighted by Gasteiger charge is -2.29. The average molecular weight is 285 g/mol. The van der Waals surface area contributed by atoms with Crippen LogP contribution in [0.15, 0.2) is 18.2 Å². The summed E-state index contributed by atoms with van der Waals surface area (Å²) in [7, 11) is 0. The Morgan fingerprint density at radius 2 is 1.95 bits per heavy atom. The lowest BCUT2D eigenvalue weighted by molar-refractivity contribution is -0.130. The Hall–Kier alpha value is -2.12. The van der Waals surface area contributed by atoms with Crippen LogP contribution in [0.1, 0.15) is 37.8 Å². The summed E-state index contributed by atoms with van der Waals surface area (Å²) >= 11 is 0. The predicted molar refractivity (Wildman–Crippen MR) is 80.7 cm³/mol. The maximum absolute atomic E-state index is 12.2. The third-order valence-electron chi connectivity index (χ3n) is 3.56. The zero-order valence-electron chi connectivity index (χ0n) is 12.3. The van der Waals surface area contributed by atoms with Crippen LogP contribution in [0.4, 0.5) is 5.69 Å². The minimum atomic E-state index is -0.190. The summed E-state index contributed by atoms with van der Waals surface area (Å²) in [5.74, 6) is 5.28. The number of hydrogen-bond donors (Lipinski definition) is 1. The number of hydrogen-bond acceptors (Lipinski definition) is 3. The van der Waals surface area contributed by atoms with Gasteiger partial charge < -0.3 is 5.11 Å². The number of nitrogens with zero attached hydrogens (tertiary/aromatic N) is 1. The van der Waals surface area contributed by atoms with Crippen LogP contribution in [0.5, 0.6) is 0 Å². The first kappa shape index (κ1) is 15.3. The summed E-state index contributed by atoms with van der Waals surface area (Å²) in [6.45, 7) is 3.70. The highest BCUT2D eigenvalue weighted by atomic mass is 16.2. The summed E-state index contributed by atoms with van der Waals surface area (Å²) in [5, 5.41) is 8.74. The number of piperidine rings is 1. The quantitative estimate of drug-likeness (QED) is 0.667. The lowest BCUT2D eigenvalue weighted by atomic mass is 9.96. The van der Waals surface area contributed by atoms with Crippen molar-refractivity contribution in [3.05, 3.63) is 29.3 Å². The zero-order chi connectivity index (χ0) is 15.4. The molecule has 1 aromatic rings. The molecule has 21 heavy (non-hydrogen) atoms. The number of aliphatic hydroxyl groups excluding tert-OH is 1. The molecule has 1 aromatic carbocycles. The second-order valence-electron chi connectivity index (χ2n) is 5.29. The number of carbonyl (C=O) groups excluding carboxylic acids is 2. The van der Waals surface area contributed by atoms with Gasteiger partial charge in [-0.25, -0.2) is 0 Å². The van der Waals surface area contributed by atoms with E-state index in [-0.39, 0.29) is 24.3 Å². The van der Waals surface area contributed by atoms with E-state index in [1.54, 1.807) is 12.1 Å². The molecule has 2 rings (SSSR count). The Balaban J connectivity index is 2.39. The molecule has 0 unspecified atom stereocenters. The van der Waals surface area contributed by atoms with Crippen molar-refractivity contribution in [1.29, 1.82) is 0 Å². The summed E-state index contributed by atoms with van der Waals surface area (Å²) in [5.41, 5.74) is 2.35. The zero-order valence-corrected chi connectivity index (χ0v) is 12.3. The summed E-state index contributed by atoms with van der Waals surface area (Å²) in [4.78, 5) is 25.7. The van der Waals surface area contributed by atoms with Gasteiger partial charge in [0.05, 0.1) is 5.69 Å². The van der Waals surface area contributed by atoms with E-state index in [4.69, 9.17) is 5.11 Å². The van der Waals surface area contributed by atoms with Crippen LogP contribution in [0.3, 0.4) is 0 Å². The Morgan fingerprint density at radius 3 is 2.52 bits per heavy atom. The molecule has 0 atom stereocenters. The molecule has 1 heterocycles. The highest BCUT2D eigenvalue weighted by Gasteiger charge is 2.32. The first-order valence-electron chi connectivity index (χ1n) is 7.15. The molecule has 1 saturated heterocycles. The topological polar surface area (TPSA) is 57.6 Å². The van der Waals surface area contributed by atoms with Gasteiger partial charge in [-0.15, -0.1) is 0 Å². The van der Waals surface area contributed by atoms with Crippen molar-refractivity contribution in [3.8, 4) is 11.8 Å². The highest BCUT2D eigenvalue weighted by molar-refractivity contribution is 6.17. The Morgan fingerprint density at radius 1 is 1.29 bits per heavy atom. The van der Waals surface area contributed by atoms with E-state index in [0.29, 0.717) is 24.9 Å². The van der Waals surface area contributed by atoms with Crippen molar-refractivity contribution in [2.45, 2.75) is 33.1 Å². The van der Waals surface area contributed by atoms with Crippen molar-refractivity contribution in [1.82, 2.24) is 0 Å². The van der Waals surface area contributed by atoms with Gasteiger partial charge in [-0.05, 0) is 36.1 Å². The van der Waals surface area contributed by atoms with Gasteiger partial charge in [-0.1, -0.05) is 25.7 Å². The number of imide groups is 1. The number of benzene rings is 1. The average Bonchev–Trinajstić information content (AvgIpc) is 2.44. The molecule has 0 radical (unpaired) electrons. The smallest absolute Gasteiger partial charge is 0.234 e. The van der Waals surface area contributed by atoms with Crippen molar-refractivity contribution < 1.29 is 14.7 Å². The van der Waals surface area contributed by atoms with E-state index in [9.17, 15) is 9.59 Å². The molecule has 0 saturated carbocycles. The number of rotatable bonds is 2. The Labute approximate surface area is 124 Å². The number of aryl methyl sites for hydroxylation is 1. The lowest BCUT2D eigenvalue weighted by Crippen LogP contribution is -2.43. The summed E-state index contributed by atoms with van der Waals surface area (Å²) < 4.78 is 0. The molecule has 1 aliphatic heterocycles. The second-order valence-corrected chi connectivity index (χ2v) is 5.29. The summed E-state index contributed by atoms with van der Waals surface area (Å²) in [6.07, 6.45) is 1.51. The van der Waals surface area contributed by atoms with E-state index in [1.807, 2.05) is 19.9 Å². The highest BCUT2D eigenvalue weighted by Crippen LogP contribution is 2.29. The Bertz CT molecular complexity index is 607. The van der Waals surface area contributed by atoms with Crippen molar-refractivity contribution in [2.24, 2.45) is 5.92 Å². The van der Waals surface area contributed by atoms with Crippen LogP contribution in [-0.2, 0) is 16.0 Å². The fourth-order valence-corrected chi connectivity index (χ4v) is 2.56. The van der Waals surface area contributed by atoms with Crippen LogP contribution < -0.4 is 4.90 Å². The van der Waals surface area contributed by atoms with Gasteiger partial charge in [0.2, 0.25) is 11.8 Å². The molecule has 2 amide bonds. The van der Waals surface area contributed by atoms with Crippen molar-refractivity contribution in [2.75, 3.05) is 11.5 Å². The van der Waals surface area contributed by atoms with Crippen LogP contribution in [0, 0.1) is 17.8 Å². The molecule has 0 aliphatic carbocycles.